The maximum atomic E-state index is 11.7. The second kappa shape index (κ2) is 1.98. The molecule has 12 heavy (non-hydrogen) atoms. The molecule has 2 aliphatic rings. The average molecular weight is 158 g/mol. The van der Waals surface area contributed by atoms with Gasteiger partial charge in [0.15, 0.2) is 5.78 Å². The molecule has 1 aromatic rings. The number of carbonyl (C=O) groups excluding carboxylic acids is 1. The Morgan fingerprint density at radius 2 is 2.08 bits per heavy atom. The van der Waals surface area contributed by atoms with Crippen molar-refractivity contribution in [2.45, 2.75) is 12.8 Å². The van der Waals surface area contributed by atoms with Crippen LogP contribution >= 0.6 is 0 Å². The van der Waals surface area contributed by atoms with Crippen molar-refractivity contribution in [1.29, 1.82) is 0 Å². The Hall–Kier alpha value is -1.11. The standard InChI is InChI=1S/C11H10O/c12-11-9-4-2-1-3-7(9)5-8-6-10(8)11/h1-4,8,10H,5-6H2/t8-,10+/m1/s1. The minimum atomic E-state index is 0.389. The zero-order chi connectivity index (χ0) is 8.13. The van der Waals surface area contributed by atoms with Crippen LogP contribution in [0.5, 0.6) is 0 Å². The molecule has 0 aromatic heterocycles. The summed E-state index contributed by atoms with van der Waals surface area (Å²) < 4.78 is 0. The van der Waals surface area contributed by atoms with Crippen molar-refractivity contribution in [3.05, 3.63) is 35.4 Å². The molecule has 0 N–H and O–H groups in total. The van der Waals surface area contributed by atoms with Gasteiger partial charge in [-0.15, -0.1) is 0 Å². The SMILES string of the molecule is O=C1c2ccccc2C[C@@H]2C[C@H]12. The summed E-state index contributed by atoms with van der Waals surface area (Å²) >= 11 is 0. The molecule has 0 saturated heterocycles. The first kappa shape index (κ1) is 6.41. The topological polar surface area (TPSA) is 17.1 Å². The Balaban J connectivity index is 2.17. The number of Topliss-reactive ketones (excluding diaryl/α,β-unsaturated/α-hetero) is 1. The van der Waals surface area contributed by atoms with Gasteiger partial charge in [-0.3, -0.25) is 4.79 Å². The number of benzene rings is 1. The highest BCUT2D eigenvalue weighted by molar-refractivity contribution is 6.02. The van der Waals surface area contributed by atoms with E-state index in [1.807, 2.05) is 18.2 Å². The Bertz CT molecular complexity index is 354. The fraction of sp³-hybridized carbons (Fsp3) is 0.364. The maximum absolute atomic E-state index is 11.7. The molecule has 2 aliphatic carbocycles. The fourth-order valence-corrected chi connectivity index (χ4v) is 2.22. The molecule has 3 rings (SSSR count). The van der Waals surface area contributed by atoms with E-state index in [0.717, 1.165) is 18.4 Å². The molecule has 0 unspecified atom stereocenters. The molecule has 0 bridgehead atoms. The van der Waals surface area contributed by atoms with Crippen molar-refractivity contribution >= 4 is 5.78 Å². The maximum Gasteiger partial charge on any atom is 0.166 e. The molecule has 0 heterocycles. The summed E-state index contributed by atoms with van der Waals surface area (Å²) in [6.07, 6.45) is 2.26. The first-order valence-electron chi connectivity index (χ1n) is 4.48. The van der Waals surface area contributed by atoms with Gasteiger partial charge >= 0.3 is 0 Å². The van der Waals surface area contributed by atoms with E-state index in [4.69, 9.17) is 0 Å². The van der Waals surface area contributed by atoms with Gasteiger partial charge in [-0.25, -0.2) is 0 Å². The van der Waals surface area contributed by atoms with Crippen LogP contribution in [0.15, 0.2) is 24.3 Å². The molecular formula is C11H10O. The molecule has 0 amide bonds. The van der Waals surface area contributed by atoms with Gasteiger partial charge in [-0.2, -0.15) is 0 Å². The quantitative estimate of drug-likeness (QED) is 0.564. The van der Waals surface area contributed by atoms with Gasteiger partial charge in [0.25, 0.3) is 0 Å². The summed E-state index contributed by atoms with van der Waals surface area (Å²) in [5.74, 6) is 1.47. The lowest BCUT2D eigenvalue weighted by molar-refractivity contribution is 0.0954. The lowest BCUT2D eigenvalue weighted by Crippen LogP contribution is -2.13. The Morgan fingerprint density at radius 3 is 3.00 bits per heavy atom. The Morgan fingerprint density at radius 1 is 1.25 bits per heavy atom. The zero-order valence-corrected chi connectivity index (χ0v) is 6.79. The average Bonchev–Trinajstić information content (AvgIpc) is 2.84. The van der Waals surface area contributed by atoms with E-state index >= 15 is 0 Å². The van der Waals surface area contributed by atoms with E-state index in [2.05, 4.69) is 6.07 Å². The van der Waals surface area contributed by atoms with E-state index in [9.17, 15) is 4.79 Å². The lowest BCUT2D eigenvalue weighted by atomic mass is 9.91. The minimum Gasteiger partial charge on any atom is -0.294 e. The van der Waals surface area contributed by atoms with E-state index in [0.29, 0.717) is 17.6 Å². The summed E-state index contributed by atoms with van der Waals surface area (Å²) in [5, 5.41) is 0. The van der Waals surface area contributed by atoms with Crippen LogP contribution in [-0.4, -0.2) is 5.78 Å². The molecule has 1 nitrogen and oxygen atoms in total. The summed E-state index contributed by atoms with van der Waals surface area (Å²) in [6, 6.07) is 8.03. The molecule has 0 spiro atoms. The van der Waals surface area contributed by atoms with Crippen LogP contribution in [0.4, 0.5) is 0 Å². The van der Waals surface area contributed by atoms with Gasteiger partial charge in [0, 0.05) is 11.5 Å². The van der Waals surface area contributed by atoms with Crippen LogP contribution in [0.1, 0.15) is 22.3 Å². The molecule has 2 atom stereocenters. The summed E-state index contributed by atoms with van der Waals surface area (Å²) in [7, 11) is 0. The highest BCUT2D eigenvalue weighted by atomic mass is 16.1. The zero-order valence-electron chi connectivity index (χ0n) is 6.79. The largest absolute Gasteiger partial charge is 0.294 e. The summed E-state index contributed by atoms with van der Waals surface area (Å²) in [4.78, 5) is 11.7. The van der Waals surface area contributed by atoms with Crippen LogP contribution in [0.2, 0.25) is 0 Å². The van der Waals surface area contributed by atoms with Gasteiger partial charge in [0.1, 0.15) is 0 Å². The Kier molecular flexibility index (Phi) is 1.06. The van der Waals surface area contributed by atoms with Gasteiger partial charge in [0.2, 0.25) is 0 Å². The second-order valence-electron chi connectivity index (χ2n) is 3.83. The number of rotatable bonds is 0. The smallest absolute Gasteiger partial charge is 0.166 e. The third kappa shape index (κ3) is 0.711. The molecule has 1 fully saturated rings. The van der Waals surface area contributed by atoms with Crippen molar-refractivity contribution < 1.29 is 4.79 Å². The molecule has 0 aliphatic heterocycles. The van der Waals surface area contributed by atoms with Gasteiger partial charge in [-0.05, 0) is 24.3 Å². The number of hydrogen-bond donors (Lipinski definition) is 0. The first-order valence-corrected chi connectivity index (χ1v) is 4.48. The van der Waals surface area contributed by atoms with Crippen molar-refractivity contribution in [2.75, 3.05) is 0 Å². The highest BCUT2D eigenvalue weighted by Gasteiger charge is 2.46. The van der Waals surface area contributed by atoms with E-state index in [-0.39, 0.29) is 0 Å². The molecule has 60 valence electrons. The minimum absolute atomic E-state index is 0.389. The first-order chi connectivity index (χ1) is 5.86. The number of fused-ring (bicyclic) bond motifs is 2. The molecule has 1 saturated carbocycles. The molecular weight excluding hydrogens is 148 g/mol. The predicted octanol–water partition coefficient (Wildman–Crippen LogP) is 2.06. The van der Waals surface area contributed by atoms with Crippen LogP contribution in [0.25, 0.3) is 0 Å². The Labute approximate surface area is 71.4 Å². The molecule has 0 radical (unpaired) electrons. The predicted molar refractivity (Wildman–Crippen MR) is 46.1 cm³/mol. The summed E-state index contributed by atoms with van der Waals surface area (Å²) in [6.45, 7) is 0. The van der Waals surface area contributed by atoms with Crippen molar-refractivity contribution in [3.8, 4) is 0 Å². The van der Waals surface area contributed by atoms with Crippen molar-refractivity contribution in [2.24, 2.45) is 11.8 Å². The second-order valence-corrected chi connectivity index (χ2v) is 3.83. The van der Waals surface area contributed by atoms with Crippen molar-refractivity contribution in [1.82, 2.24) is 0 Å². The molecule has 1 heteroatoms. The number of carbonyl (C=O) groups is 1. The van der Waals surface area contributed by atoms with Gasteiger partial charge in [-0.1, -0.05) is 24.3 Å². The van der Waals surface area contributed by atoms with E-state index in [1.165, 1.54) is 5.56 Å². The normalized spacial score (nSPS) is 30.8. The van der Waals surface area contributed by atoms with Crippen LogP contribution in [0, 0.1) is 11.8 Å². The van der Waals surface area contributed by atoms with Gasteiger partial charge in [0.05, 0.1) is 0 Å². The number of hydrogen-bond acceptors (Lipinski definition) is 1. The van der Waals surface area contributed by atoms with Crippen LogP contribution < -0.4 is 0 Å². The van der Waals surface area contributed by atoms with Crippen LogP contribution in [0.3, 0.4) is 0 Å². The fourth-order valence-electron chi connectivity index (χ4n) is 2.22. The number of ketones is 1. The third-order valence-electron chi connectivity index (χ3n) is 3.02. The highest BCUT2D eigenvalue weighted by Crippen LogP contribution is 2.47. The molecule has 1 aromatic carbocycles. The lowest BCUT2D eigenvalue weighted by Gasteiger charge is -2.12. The monoisotopic (exact) mass is 158 g/mol. The van der Waals surface area contributed by atoms with Gasteiger partial charge < -0.3 is 0 Å². The van der Waals surface area contributed by atoms with Crippen molar-refractivity contribution in [3.63, 3.8) is 0 Å². The third-order valence-corrected chi connectivity index (χ3v) is 3.02. The van der Waals surface area contributed by atoms with Crippen LogP contribution in [-0.2, 0) is 6.42 Å². The van der Waals surface area contributed by atoms with E-state index < -0.39 is 0 Å². The summed E-state index contributed by atoms with van der Waals surface area (Å²) in [5.41, 5.74) is 2.25. The van der Waals surface area contributed by atoms with E-state index in [1.54, 1.807) is 0 Å².